The Hall–Kier alpha value is -1.65. The van der Waals surface area contributed by atoms with Crippen LogP contribution >= 0.6 is 0 Å². The molecule has 1 aromatic heterocycles. The molecule has 0 bridgehead atoms. The SMILES string of the molecule is Cc1cnn([C@H]2C[C@H]3CN(Cc4ccccc4)C[C@H]3C[C@@H]2OCC2CC2)c1. The average Bonchev–Trinajstić information content (AvgIpc) is 3.28. The van der Waals surface area contributed by atoms with Crippen molar-refractivity contribution in [2.75, 3.05) is 19.7 Å². The molecule has 1 saturated heterocycles. The predicted molar refractivity (Wildman–Crippen MR) is 106 cm³/mol. The Morgan fingerprint density at radius 2 is 1.85 bits per heavy atom. The molecule has 0 spiro atoms. The van der Waals surface area contributed by atoms with Crippen molar-refractivity contribution < 1.29 is 4.74 Å². The first-order valence-electron chi connectivity index (χ1n) is 10.6. The van der Waals surface area contributed by atoms with Gasteiger partial charge in [-0.05, 0) is 61.5 Å². The summed E-state index contributed by atoms with van der Waals surface area (Å²) in [7, 11) is 0. The van der Waals surface area contributed by atoms with Gasteiger partial charge in [-0.15, -0.1) is 0 Å². The van der Waals surface area contributed by atoms with E-state index in [9.17, 15) is 0 Å². The van der Waals surface area contributed by atoms with Crippen LogP contribution in [0.3, 0.4) is 0 Å². The van der Waals surface area contributed by atoms with Gasteiger partial charge >= 0.3 is 0 Å². The van der Waals surface area contributed by atoms with E-state index in [0.717, 1.165) is 30.9 Å². The Morgan fingerprint density at radius 3 is 2.56 bits per heavy atom. The van der Waals surface area contributed by atoms with E-state index in [4.69, 9.17) is 4.74 Å². The highest BCUT2D eigenvalue weighted by molar-refractivity contribution is 5.15. The monoisotopic (exact) mass is 365 g/mol. The second kappa shape index (κ2) is 7.40. The average molecular weight is 366 g/mol. The molecule has 144 valence electrons. The van der Waals surface area contributed by atoms with Crippen molar-refractivity contribution in [3.63, 3.8) is 0 Å². The van der Waals surface area contributed by atoms with Crippen LogP contribution in [0.25, 0.3) is 0 Å². The van der Waals surface area contributed by atoms with Gasteiger partial charge in [0, 0.05) is 32.4 Å². The highest BCUT2D eigenvalue weighted by Gasteiger charge is 2.44. The Bertz CT molecular complexity index is 754. The fourth-order valence-electron chi connectivity index (χ4n) is 5.07. The fourth-order valence-corrected chi connectivity index (χ4v) is 5.07. The summed E-state index contributed by atoms with van der Waals surface area (Å²) in [5, 5.41) is 4.66. The molecule has 0 radical (unpaired) electrons. The maximum Gasteiger partial charge on any atom is 0.0802 e. The van der Waals surface area contributed by atoms with Crippen LogP contribution in [0.2, 0.25) is 0 Å². The predicted octanol–water partition coefficient (Wildman–Crippen LogP) is 4.07. The van der Waals surface area contributed by atoms with Gasteiger partial charge in [-0.2, -0.15) is 5.10 Å². The van der Waals surface area contributed by atoms with Crippen molar-refractivity contribution in [2.45, 2.75) is 51.3 Å². The van der Waals surface area contributed by atoms with Gasteiger partial charge in [-0.1, -0.05) is 30.3 Å². The Balaban J connectivity index is 1.28. The third kappa shape index (κ3) is 3.97. The van der Waals surface area contributed by atoms with Crippen LogP contribution in [-0.4, -0.2) is 40.5 Å². The van der Waals surface area contributed by atoms with E-state index in [1.807, 2.05) is 6.20 Å². The lowest BCUT2D eigenvalue weighted by atomic mass is 9.77. The number of rotatable bonds is 6. The molecule has 27 heavy (non-hydrogen) atoms. The molecule has 2 heterocycles. The molecule has 0 N–H and O–H groups in total. The molecule has 0 unspecified atom stereocenters. The van der Waals surface area contributed by atoms with Crippen molar-refractivity contribution in [1.82, 2.24) is 14.7 Å². The lowest BCUT2D eigenvalue weighted by molar-refractivity contribution is -0.0371. The zero-order valence-electron chi connectivity index (χ0n) is 16.3. The van der Waals surface area contributed by atoms with Crippen LogP contribution in [0.15, 0.2) is 42.7 Å². The van der Waals surface area contributed by atoms with E-state index in [0.29, 0.717) is 12.1 Å². The molecule has 1 aliphatic heterocycles. The second-order valence-electron chi connectivity index (χ2n) is 9.05. The van der Waals surface area contributed by atoms with Gasteiger partial charge in [0.1, 0.15) is 0 Å². The minimum atomic E-state index is 0.322. The van der Waals surface area contributed by atoms with Crippen LogP contribution in [0.4, 0.5) is 0 Å². The summed E-state index contributed by atoms with van der Waals surface area (Å²) in [6.45, 7) is 6.59. The molecule has 3 aliphatic rings. The molecule has 4 heteroatoms. The Morgan fingerprint density at radius 1 is 1.07 bits per heavy atom. The van der Waals surface area contributed by atoms with Crippen LogP contribution < -0.4 is 0 Å². The number of ether oxygens (including phenoxy) is 1. The largest absolute Gasteiger partial charge is 0.376 e. The summed E-state index contributed by atoms with van der Waals surface area (Å²) in [4.78, 5) is 2.65. The van der Waals surface area contributed by atoms with Gasteiger partial charge < -0.3 is 4.74 Å². The normalized spacial score (nSPS) is 31.1. The van der Waals surface area contributed by atoms with Gasteiger partial charge in [0.2, 0.25) is 0 Å². The number of nitrogens with zero attached hydrogens (tertiary/aromatic N) is 3. The first-order valence-corrected chi connectivity index (χ1v) is 10.6. The summed E-state index contributed by atoms with van der Waals surface area (Å²) in [5.41, 5.74) is 2.67. The summed E-state index contributed by atoms with van der Waals surface area (Å²) in [5.74, 6) is 2.36. The summed E-state index contributed by atoms with van der Waals surface area (Å²) in [6, 6.07) is 11.3. The number of hydrogen-bond donors (Lipinski definition) is 0. The zero-order chi connectivity index (χ0) is 18.2. The summed E-state index contributed by atoms with van der Waals surface area (Å²) in [6.07, 6.45) is 9.61. The molecule has 5 rings (SSSR count). The third-order valence-corrected chi connectivity index (χ3v) is 6.72. The van der Waals surface area contributed by atoms with E-state index in [2.05, 4.69) is 58.1 Å². The maximum absolute atomic E-state index is 6.47. The Labute approximate surface area is 162 Å². The van der Waals surface area contributed by atoms with Gasteiger partial charge in [0.05, 0.1) is 18.3 Å². The number of hydrogen-bond acceptors (Lipinski definition) is 3. The molecule has 4 nitrogen and oxygen atoms in total. The van der Waals surface area contributed by atoms with Crippen molar-refractivity contribution in [3.8, 4) is 0 Å². The molecular formula is C23H31N3O. The quantitative estimate of drug-likeness (QED) is 0.773. The maximum atomic E-state index is 6.47. The second-order valence-corrected chi connectivity index (χ2v) is 9.05. The van der Waals surface area contributed by atoms with Gasteiger partial charge in [0.25, 0.3) is 0 Å². The molecule has 2 saturated carbocycles. The molecule has 0 amide bonds. The van der Waals surface area contributed by atoms with Gasteiger partial charge in [-0.3, -0.25) is 9.58 Å². The fraction of sp³-hybridized carbons (Fsp3) is 0.609. The van der Waals surface area contributed by atoms with Crippen molar-refractivity contribution in [3.05, 3.63) is 53.9 Å². The number of fused-ring (bicyclic) bond motifs is 1. The van der Waals surface area contributed by atoms with Crippen LogP contribution in [0.1, 0.15) is 42.9 Å². The van der Waals surface area contributed by atoms with E-state index in [1.54, 1.807) is 0 Å². The van der Waals surface area contributed by atoms with Gasteiger partial charge in [-0.25, -0.2) is 0 Å². The van der Waals surface area contributed by atoms with Gasteiger partial charge in [0.15, 0.2) is 0 Å². The highest BCUT2D eigenvalue weighted by Crippen LogP contribution is 2.43. The summed E-state index contributed by atoms with van der Waals surface area (Å²) < 4.78 is 8.66. The molecule has 2 aliphatic carbocycles. The lowest BCUT2D eigenvalue weighted by Gasteiger charge is -2.38. The van der Waals surface area contributed by atoms with E-state index < -0.39 is 0 Å². The molecular weight excluding hydrogens is 334 g/mol. The zero-order valence-corrected chi connectivity index (χ0v) is 16.3. The number of likely N-dealkylation sites (tertiary alicyclic amines) is 1. The molecule has 3 fully saturated rings. The van der Waals surface area contributed by atoms with Crippen molar-refractivity contribution in [1.29, 1.82) is 0 Å². The van der Waals surface area contributed by atoms with Crippen LogP contribution in [0.5, 0.6) is 0 Å². The van der Waals surface area contributed by atoms with Crippen LogP contribution in [-0.2, 0) is 11.3 Å². The van der Waals surface area contributed by atoms with Crippen LogP contribution in [0, 0.1) is 24.7 Å². The minimum absolute atomic E-state index is 0.322. The minimum Gasteiger partial charge on any atom is -0.376 e. The number of benzene rings is 1. The topological polar surface area (TPSA) is 30.3 Å². The van der Waals surface area contributed by atoms with E-state index >= 15 is 0 Å². The number of aryl methyl sites for hydroxylation is 1. The van der Waals surface area contributed by atoms with Crippen molar-refractivity contribution in [2.24, 2.45) is 17.8 Å². The smallest absolute Gasteiger partial charge is 0.0802 e. The Kier molecular flexibility index (Phi) is 4.78. The first-order chi connectivity index (χ1) is 13.2. The van der Waals surface area contributed by atoms with E-state index in [-0.39, 0.29) is 0 Å². The summed E-state index contributed by atoms with van der Waals surface area (Å²) >= 11 is 0. The molecule has 2 aromatic rings. The standard InChI is InChI=1S/C23H31N3O/c1-17-11-24-26(12-17)22-9-20-14-25(13-18-5-3-2-4-6-18)15-21(20)10-23(22)27-16-19-7-8-19/h2-6,11-12,19-23H,7-10,13-16H2,1H3/t20-,21+,22-,23-/m0/s1. The van der Waals surface area contributed by atoms with Crippen molar-refractivity contribution >= 4 is 0 Å². The molecule has 1 aromatic carbocycles. The highest BCUT2D eigenvalue weighted by atomic mass is 16.5. The first kappa shape index (κ1) is 17.4. The third-order valence-electron chi connectivity index (χ3n) is 6.72. The molecule has 4 atom stereocenters. The van der Waals surface area contributed by atoms with E-state index in [1.165, 1.54) is 49.9 Å². The lowest BCUT2D eigenvalue weighted by Crippen LogP contribution is -2.38. The number of aromatic nitrogens is 2.